The molecule has 0 amide bonds. The van der Waals surface area contributed by atoms with Gasteiger partial charge >= 0.3 is 0 Å². The summed E-state index contributed by atoms with van der Waals surface area (Å²) < 4.78 is 26.8. The van der Waals surface area contributed by atoms with Crippen LogP contribution in [0.15, 0.2) is 162 Å². The second-order valence-electron chi connectivity index (χ2n) is 22.2. The van der Waals surface area contributed by atoms with Crippen LogP contribution in [0.4, 0.5) is 17.1 Å². The highest BCUT2D eigenvalue weighted by atomic mass is 32.1. The minimum absolute atomic E-state index is 0.0247. The number of thiophene rings is 1. The number of rotatable bonds is 4. The fourth-order valence-corrected chi connectivity index (χ4v) is 12.1. The van der Waals surface area contributed by atoms with Gasteiger partial charge in [-0.15, -0.1) is 11.3 Å². The maximum absolute atomic E-state index is 7.46. The molecule has 13 rings (SSSR count). The largest absolute Gasteiger partial charge is 0.458 e. The lowest BCUT2D eigenvalue weighted by Crippen LogP contribution is -2.56. The van der Waals surface area contributed by atoms with Gasteiger partial charge < -0.3 is 23.4 Å². The van der Waals surface area contributed by atoms with Gasteiger partial charge in [0.25, 0.3) is 6.71 Å². The highest BCUT2D eigenvalue weighted by molar-refractivity contribution is 7.33. The molecule has 0 saturated heterocycles. The number of hydrogen-bond acceptors (Lipinski definition) is 5. The number of hydrogen-bond donors (Lipinski definition) is 0. The van der Waals surface area contributed by atoms with Crippen molar-refractivity contribution >= 4 is 105 Å². The molecule has 5 nitrogen and oxygen atoms in total. The SMILES string of the molecule is CC(C)(C)c1ccc2sc3c(c2c1)Oc1cc(N(c2ccccc2)c2ccccc2)cc2c1B3c1c(cc(-n3c4ccc(C(C)(C)C)cc4c4cc(C(C)(C)C)ccc43)c3c1oc1ccccc13)O2. The summed E-state index contributed by atoms with van der Waals surface area (Å²) in [6.45, 7) is 20.4. The molecule has 69 heavy (non-hydrogen) atoms. The molecule has 0 atom stereocenters. The molecule has 5 heterocycles. The van der Waals surface area contributed by atoms with Crippen molar-refractivity contribution in [3.05, 3.63) is 174 Å². The first-order chi connectivity index (χ1) is 33.1. The Bertz CT molecular complexity index is 3800. The Morgan fingerprint density at radius 3 is 1.59 bits per heavy atom. The monoisotopic (exact) mass is 916 g/mol. The van der Waals surface area contributed by atoms with Crippen LogP contribution in [0.5, 0.6) is 23.0 Å². The quantitative estimate of drug-likeness (QED) is 0.165. The fraction of sp³-hybridized carbons (Fsp3) is 0.194. The average molecular weight is 917 g/mol. The molecule has 338 valence electrons. The Labute approximate surface area is 407 Å². The maximum Gasteiger partial charge on any atom is 0.278 e. The van der Waals surface area contributed by atoms with Gasteiger partial charge in [-0.1, -0.05) is 135 Å². The highest BCUT2D eigenvalue weighted by Gasteiger charge is 2.46. The van der Waals surface area contributed by atoms with Crippen LogP contribution in [0.25, 0.3) is 59.5 Å². The molecular weight excluding hydrogens is 864 g/mol. The summed E-state index contributed by atoms with van der Waals surface area (Å²) in [6.07, 6.45) is 0. The number of anilines is 3. The number of aromatic nitrogens is 1. The zero-order valence-corrected chi connectivity index (χ0v) is 41.4. The van der Waals surface area contributed by atoms with Crippen LogP contribution in [0.1, 0.15) is 79.0 Å². The molecule has 3 aromatic heterocycles. The smallest absolute Gasteiger partial charge is 0.278 e. The van der Waals surface area contributed by atoms with Crippen molar-refractivity contribution < 1.29 is 13.9 Å². The van der Waals surface area contributed by atoms with Crippen molar-refractivity contribution in [3.8, 4) is 28.7 Å². The topological polar surface area (TPSA) is 39.8 Å². The molecule has 2 aliphatic heterocycles. The number of benzene rings is 8. The summed E-state index contributed by atoms with van der Waals surface area (Å²) in [5.74, 6) is 3.23. The lowest BCUT2D eigenvalue weighted by Gasteiger charge is -2.34. The van der Waals surface area contributed by atoms with Gasteiger partial charge in [0.05, 0.1) is 27.8 Å². The Balaban J connectivity index is 1.14. The summed E-state index contributed by atoms with van der Waals surface area (Å²) in [7, 11) is 0. The third-order valence-corrected chi connectivity index (χ3v) is 15.8. The van der Waals surface area contributed by atoms with E-state index < -0.39 is 0 Å². The van der Waals surface area contributed by atoms with Gasteiger partial charge in [0.1, 0.15) is 34.2 Å². The molecule has 0 saturated carbocycles. The van der Waals surface area contributed by atoms with Gasteiger partial charge in [-0.05, 0) is 99.7 Å². The molecule has 0 bridgehead atoms. The van der Waals surface area contributed by atoms with Crippen LogP contribution in [-0.4, -0.2) is 11.3 Å². The fourth-order valence-electron chi connectivity index (χ4n) is 10.9. The standard InChI is InChI=1S/C62H53BN2O3S/c1-60(2,3)36-24-27-46-43(30-36)44-31-37(61(4,5)6)25-28-47(44)65(46)48-35-52-56(58-54(48)42-22-16-17-23-49(42)67-58)63-55-50(66-52)33-41(64(39-18-12-10-13-19-39)40-20-14-11-15-21-40)34-51(55)68-57-45-32-38(62(7,8)9)26-29-53(45)69-59(57)63/h10-35H,1-9H3. The number of furan rings is 1. The summed E-state index contributed by atoms with van der Waals surface area (Å²) in [6, 6.07) is 57.3. The first-order valence-corrected chi connectivity index (χ1v) is 25.0. The lowest BCUT2D eigenvalue weighted by molar-refractivity contribution is 0.468. The van der Waals surface area contributed by atoms with E-state index in [1.165, 1.54) is 32.2 Å². The lowest BCUT2D eigenvalue weighted by atomic mass is 9.37. The van der Waals surface area contributed by atoms with Crippen molar-refractivity contribution in [1.29, 1.82) is 0 Å². The highest BCUT2D eigenvalue weighted by Crippen LogP contribution is 2.49. The van der Waals surface area contributed by atoms with E-state index in [9.17, 15) is 0 Å². The van der Waals surface area contributed by atoms with Gasteiger partial charge in [0.2, 0.25) is 0 Å². The second-order valence-corrected chi connectivity index (χ2v) is 23.2. The zero-order valence-electron chi connectivity index (χ0n) is 40.6. The molecule has 0 radical (unpaired) electrons. The molecule has 8 aromatic carbocycles. The number of ether oxygens (including phenoxy) is 2. The van der Waals surface area contributed by atoms with Gasteiger partial charge in [0, 0.05) is 71.5 Å². The minimum Gasteiger partial charge on any atom is -0.458 e. The molecule has 2 aliphatic rings. The summed E-state index contributed by atoms with van der Waals surface area (Å²) in [4.78, 5) is 2.29. The van der Waals surface area contributed by atoms with Crippen molar-refractivity contribution in [2.75, 3.05) is 4.90 Å². The Morgan fingerprint density at radius 2 is 1.00 bits per heavy atom. The van der Waals surface area contributed by atoms with E-state index >= 15 is 0 Å². The van der Waals surface area contributed by atoms with E-state index in [1.807, 2.05) is 11.3 Å². The van der Waals surface area contributed by atoms with E-state index in [2.05, 4.69) is 230 Å². The van der Waals surface area contributed by atoms with E-state index in [0.717, 1.165) is 99.8 Å². The molecule has 0 fully saturated rings. The van der Waals surface area contributed by atoms with Crippen LogP contribution in [0.2, 0.25) is 0 Å². The summed E-state index contributed by atoms with van der Waals surface area (Å²) >= 11 is 1.82. The van der Waals surface area contributed by atoms with Gasteiger partial charge in [0.15, 0.2) is 0 Å². The minimum atomic E-state index is -0.229. The third kappa shape index (κ3) is 6.43. The van der Waals surface area contributed by atoms with E-state index in [0.29, 0.717) is 0 Å². The number of fused-ring (bicyclic) bond motifs is 13. The predicted octanol–water partition coefficient (Wildman–Crippen LogP) is 16.0. The van der Waals surface area contributed by atoms with Crippen LogP contribution in [0, 0.1) is 0 Å². The molecule has 7 heteroatoms. The van der Waals surface area contributed by atoms with Crippen LogP contribution >= 0.6 is 11.3 Å². The Hall–Kier alpha value is -7.22. The molecule has 11 aromatic rings. The van der Waals surface area contributed by atoms with Crippen molar-refractivity contribution in [1.82, 2.24) is 4.57 Å². The third-order valence-electron chi connectivity index (χ3n) is 14.5. The Kier molecular flexibility index (Phi) is 8.90. The van der Waals surface area contributed by atoms with Gasteiger partial charge in [-0.25, -0.2) is 0 Å². The van der Waals surface area contributed by atoms with E-state index in [-0.39, 0.29) is 23.0 Å². The van der Waals surface area contributed by atoms with Gasteiger partial charge in [-0.3, -0.25) is 0 Å². The van der Waals surface area contributed by atoms with Gasteiger partial charge in [-0.2, -0.15) is 0 Å². The average Bonchev–Trinajstić information content (AvgIpc) is 4.00. The zero-order chi connectivity index (χ0) is 47.3. The Morgan fingerprint density at radius 1 is 0.478 bits per heavy atom. The van der Waals surface area contributed by atoms with Crippen LogP contribution < -0.4 is 30.1 Å². The first kappa shape index (κ1) is 41.9. The van der Waals surface area contributed by atoms with E-state index in [1.54, 1.807) is 0 Å². The van der Waals surface area contributed by atoms with Crippen molar-refractivity contribution in [2.45, 2.75) is 78.6 Å². The second kappa shape index (κ2) is 14.6. The molecular formula is C62H53BN2O3S. The van der Waals surface area contributed by atoms with Crippen molar-refractivity contribution in [2.24, 2.45) is 0 Å². The molecule has 0 spiro atoms. The first-order valence-electron chi connectivity index (χ1n) is 24.2. The van der Waals surface area contributed by atoms with Crippen LogP contribution in [-0.2, 0) is 16.2 Å². The van der Waals surface area contributed by atoms with E-state index in [4.69, 9.17) is 13.9 Å². The van der Waals surface area contributed by atoms with Crippen molar-refractivity contribution in [3.63, 3.8) is 0 Å². The number of para-hydroxylation sites is 3. The normalized spacial score (nSPS) is 13.5. The molecule has 0 N–H and O–H groups in total. The molecule has 0 aliphatic carbocycles. The molecule has 0 unspecified atom stereocenters. The summed E-state index contributed by atoms with van der Waals surface area (Å²) in [5, 5.41) is 5.73. The summed E-state index contributed by atoms with van der Waals surface area (Å²) in [5.41, 5.74) is 13.8. The predicted molar refractivity (Wildman–Crippen MR) is 292 cm³/mol. The number of nitrogens with zero attached hydrogens (tertiary/aromatic N) is 2. The maximum atomic E-state index is 7.46. The van der Waals surface area contributed by atoms with Crippen LogP contribution in [0.3, 0.4) is 0 Å².